The minimum Gasteiger partial charge on any atom is -0.333 e. The zero-order valence-corrected chi connectivity index (χ0v) is 15.6. The van der Waals surface area contributed by atoms with Gasteiger partial charge in [0, 0.05) is 58.8 Å². The SMILES string of the molecule is CC(CSSC(=O)N1CCCC1)SSC(=O)N1CCCC1. The lowest BCUT2D eigenvalue weighted by atomic mass is 10.4. The van der Waals surface area contributed by atoms with Gasteiger partial charge in [-0.1, -0.05) is 28.5 Å². The van der Waals surface area contributed by atoms with Gasteiger partial charge in [0.2, 0.25) is 0 Å². The largest absolute Gasteiger partial charge is 0.333 e. The van der Waals surface area contributed by atoms with Crippen molar-refractivity contribution < 1.29 is 9.59 Å². The third-order valence-corrected chi connectivity index (χ3v) is 8.69. The predicted molar refractivity (Wildman–Crippen MR) is 97.1 cm³/mol. The molecule has 0 N–H and O–H groups in total. The van der Waals surface area contributed by atoms with E-state index in [2.05, 4.69) is 6.92 Å². The zero-order valence-electron chi connectivity index (χ0n) is 12.3. The Bertz CT molecular complexity index is 358. The Morgan fingerprint density at radius 3 is 1.90 bits per heavy atom. The van der Waals surface area contributed by atoms with Crippen LogP contribution in [0, 0.1) is 0 Å². The summed E-state index contributed by atoms with van der Waals surface area (Å²) in [7, 11) is 5.93. The molecule has 0 spiro atoms. The maximum absolute atomic E-state index is 11.9. The van der Waals surface area contributed by atoms with E-state index in [1.54, 1.807) is 21.6 Å². The average molecular weight is 367 g/mol. The lowest BCUT2D eigenvalue weighted by Gasteiger charge is -2.16. The van der Waals surface area contributed by atoms with Gasteiger partial charge in [0.05, 0.1) is 0 Å². The highest BCUT2D eigenvalue weighted by Crippen LogP contribution is 2.35. The molecule has 2 fully saturated rings. The van der Waals surface area contributed by atoms with Crippen molar-refractivity contribution in [2.45, 2.75) is 37.9 Å². The van der Waals surface area contributed by atoms with Gasteiger partial charge in [0.25, 0.3) is 10.5 Å². The summed E-state index contributed by atoms with van der Waals surface area (Å²) in [5, 5.41) is 0.746. The molecule has 2 heterocycles. The number of nitrogens with zero attached hydrogens (tertiary/aromatic N) is 2. The number of likely N-dealkylation sites (tertiary alicyclic amines) is 2. The molecule has 0 aromatic heterocycles. The van der Waals surface area contributed by atoms with Crippen molar-refractivity contribution in [3.05, 3.63) is 0 Å². The van der Waals surface area contributed by atoms with Crippen LogP contribution in [0.4, 0.5) is 9.59 Å². The molecular weight excluding hydrogens is 344 g/mol. The van der Waals surface area contributed by atoms with Gasteiger partial charge in [-0.3, -0.25) is 9.59 Å². The first-order chi connectivity index (χ1) is 10.2. The third kappa shape index (κ3) is 6.15. The second-order valence-corrected chi connectivity index (χ2v) is 10.2. The van der Waals surface area contributed by atoms with Crippen LogP contribution in [0.25, 0.3) is 0 Å². The van der Waals surface area contributed by atoms with Crippen molar-refractivity contribution in [3.63, 3.8) is 0 Å². The van der Waals surface area contributed by atoms with Crippen LogP contribution in [-0.4, -0.2) is 57.5 Å². The molecule has 8 heteroatoms. The van der Waals surface area contributed by atoms with E-state index in [9.17, 15) is 9.59 Å². The maximum Gasteiger partial charge on any atom is 0.292 e. The van der Waals surface area contributed by atoms with Crippen molar-refractivity contribution in [3.8, 4) is 0 Å². The molecule has 2 rings (SSSR count). The molecule has 2 aliphatic heterocycles. The molecule has 21 heavy (non-hydrogen) atoms. The van der Waals surface area contributed by atoms with Gasteiger partial charge in [-0.2, -0.15) is 0 Å². The number of carbonyl (C=O) groups is 2. The first-order valence-electron chi connectivity index (χ1n) is 7.37. The van der Waals surface area contributed by atoms with Gasteiger partial charge in [-0.25, -0.2) is 0 Å². The summed E-state index contributed by atoms with van der Waals surface area (Å²) in [5.41, 5.74) is 0. The van der Waals surface area contributed by atoms with Gasteiger partial charge < -0.3 is 9.80 Å². The summed E-state index contributed by atoms with van der Waals surface area (Å²) in [5.74, 6) is 0.884. The number of rotatable bonds is 5. The highest BCUT2D eigenvalue weighted by molar-refractivity contribution is 8.83. The standard InChI is InChI=1S/C13H22N2O2S4/c1-11(19-21-13(17)15-8-4-5-9-15)10-18-20-12(16)14-6-2-3-7-14/h11H,2-10H2,1H3. The molecule has 4 nitrogen and oxygen atoms in total. The van der Waals surface area contributed by atoms with Crippen LogP contribution in [0.15, 0.2) is 0 Å². The zero-order chi connectivity index (χ0) is 15.1. The summed E-state index contributed by atoms with van der Waals surface area (Å²) in [6.45, 7) is 5.77. The van der Waals surface area contributed by atoms with Gasteiger partial charge in [0.1, 0.15) is 0 Å². The monoisotopic (exact) mass is 366 g/mol. The molecule has 0 aromatic rings. The van der Waals surface area contributed by atoms with Gasteiger partial charge in [-0.15, -0.1) is 0 Å². The van der Waals surface area contributed by atoms with Crippen molar-refractivity contribution in [2.24, 2.45) is 0 Å². The summed E-state index contributed by atoms with van der Waals surface area (Å²) in [4.78, 5) is 27.6. The van der Waals surface area contributed by atoms with Crippen LogP contribution in [0.1, 0.15) is 32.6 Å². The van der Waals surface area contributed by atoms with Gasteiger partial charge in [-0.05, 0) is 25.7 Å². The van der Waals surface area contributed by atoms with E-state index in [-0.39, 0.29) is 10.5 Å². The second-order valence-electron chi connectivity index (χ2n) is 5.28. The van der Waals surface area contributed by atoms with E-state index in [0.29, 0.717) is 5.25 Å². The van der Waals surface area contributed by atoms with E-state index in [1.807, 2.05) is 9.80 Å². The first-order valence-corrected chi connectivity index (χ1v) is 11.9. The molecular formula is C13H22N2O2S4. The quantitative estimate of drug-likeness (QED) is 0.664. The smallest absolute Gasteiger partial charge is 0.292 e. The lowest BCUT2D eigenvalue weighted by molar-refractivity contribution is 0.233. The van der Waals surface area contributed by atoms with Crippen molar-refractivity contribution in [2.75, 3.05) is 31.9 Å². The van der Waals surface area contributed by atoms with Crippen LogP contribution >= 0.6 is 43.2 Å². The van der Waals surface area contributed by atoms with E-state index in [4.69, 9.17) is 0 Å². The molecule has 0 radical (unpaired) electrons. The maximum atomic E-state index is 11.9. The fourth-order valence-electron chi connectivity index (χ4n) is 2.24. The van der Waals surface area contributed by atoms with E-state index < -0.39 is 0 Å². The third-order valence-electron chi connectivity index (χ3n) is 3.45. The molecule has 2 aliphatic rings. The highest BCUT2D eigenvalue weighted by Gasteiger charge is 2.21. The molecule has 0 bridgehead atoms. The van der Waals surface area contributed by atoms with Crippen LogP contribution in [0.2, 0.25) is 0 Å². The fraction of sp³-hybridized carbons (Fsp3) is 0.846. The van der Waals surface area contributed by atoms with E-state index >= 15 is 0 Å². The Morgan fingerprint density at radius 1 is 0.905 bits per heavy atom. The number of amides is 2. The topological polar surface area (TPSA) is 40.6 Å². The molecule has 2 saturated heterocycles. The number of carbonyl (C=O) groups excluding carboxylic acids is 2. The number of hydrogen-bond donors (Lipinski definition) is 0. The summed E-state index contributed by atoms with van der Waals surface area (Å²) >= 11 is 0. The normalized spacial score (nSPS) is 20.0. The van der Waals surface area contributed by atoms with Gasteiger partial charge in [0.15, 0.2) is 0 Å². The average Bonchev–Trinajstić information content (AvgIpc) is 3.16. The molecule has 120 valence electrons. The first kappa shape index (κ1) is 17.7. The molecule has 1 unspecified atom stereocenters. The Balaban J connectivity index is 1.53. The summed E-state index contributed by atoms with van der Waals surface area (Å²) in [6, 6.07) is 0. The Hall–Kier alpha value is 0.340. The van der Waals surface area contributed by atoms with E-state index in [0.717, 1.165) is 57.6 Å². The molecule has 0 saturated carbocycles. The van der Waals surface area contributed by atoms with Crippen molar-refractivity contribution in [1.29, 1.82) is 0 Å². The predicted octanol–water partition coefficient (Wildman–Crippen LogP) is 4.57. The lowest BCUT2D eigenvalue weighted by Crippen LogP contribution is -2.23. The van der Waals surface area contributed by atoms with E-state index in [1.165, 1.54) is 21.6 Å². The summed E-state index contributed by atoms with van der Waals surface area (Å²) < 4.78 is 0. The molecule has 0 aliphatic carbocycles. The van der Waals surface area contributed by atoms with Crippen LogP contribution in [0.3, 0.4) is 0 Å². The van der Waals surface area contributed by atoms with Crippen molar-refractivity contribution in [1.82, 2.24) is 9.80 Å². The summed E-state index contributed by atoms with van der Waals surface area (Å²) in [6.07, 6.45) is 4.55. The van der Waals surface area contributed by atoms with Crippen LogP contribution < -0.4 is 0 Å². The van der Waals surface area contributed by atoms with Crippen molar-refractivity contribution >= 4 is 53.7 Å². The van der Waals surface area contributed by atoms with Gasteiger partial charge >= 0.3 is 0 Å². The number of hydrogen-bond acceptors (Lipinski definition) is 6. The molecule has 1 atom stereocenters. The molecule has 2 amide bonds. The van der Waals surface area contributed by atoms with Crippen LogP contribution in [0.5, 0.6) is 0 Å². The highest BCUT2D eigenvalue weighted by atomic mass is 33.1. The minimum atomic E-state index is 0.190. The van der Waals surface area contributed by atoms with Crippen LogP contribution in [-0.2, 0) is 0 Å². The fourth-order valence-corrected chi connectivity index (χ4v) is 7.10. The minimum absolute atomic E-state index is 0.190. The Morgan fingerprint density at radius 2 is 1.38 bits per heavy atom. The second kappa shape index (κ2) is 9.47. The Labute approximate surface area is 142 Å². The molecule has 0 aromatic carbocycles. The Kier molecular flexibility index (Phi) is 7.98.